The van der Waals surface area contributed by atoms with Gasteiger partial charge < -0.3 is 14.2 Å². The highest BCUT2D eigenvalue weighted by Crippen LogP contribution is 2.51. The number of fused-ring (bicyclic) bond motifs is 5. The Bertz CT molecular complexity index is 1940. The predicted molar refractivity (Wildman–Crippen MR) is 159 cm³/mol. The van der Waals surface area contributed by atoms with E-state index in [1.807, 2.05) is 36.5 Å². The second-order valence-electron chi connectivity index (χ2n) is 9.69. The van der Waals surface area contributed by atoms with Crippen LogP contribution in [0.1, 0.15) is 0 Å². The Balaban J connectivity index is 1.28. The van der Waals surface area contributed by atoms with Crippen molar-refractivity contribution in [3.8, 4) is 28.4 Å². The zero-order valence-electron chi connectivity index (χ0n) is 21.0. The van der Waals surface area contributed by atoms with Crippen LogP contribution in [0.25, 0.3) is 38.8 Å². The van der Waals surface area contributed by atoms with Crippen LogP contribution in [0.2, 0.25) is 0 Å². The van der Waals surface area contributed by atoms with Crippen LogP contribution in [0, 0.1) is 0 Å². The third-order valence-corrected chi connectivity index (χ3v) is 7.43. The molecule has 0 unspecified atom stereocenters. The number of para-hydroxylation sites is 4. The fraction of sp³-hybridized carbons (Fsp3) is 0. The Morgan fingerprint density at radius 3 is 1.90 bits per heavy atom. The molecule has 2 aromatic heterocycles. The van der Waals surface area contributed by atoms with Gasteiger partial charge in [-0.25, -0.2) is 0 Å². The van der Waals surface area contributed by atoms with Crippen molar-refractivity contribution in [3.05, 3.63) is 140 Å². The van der Waals surface area contributed by atoms with Crippen molar-refractivity contribution in [1.29, 1.82) is 0 Å². The summed E-state index contributed by atoms with van der Waals surface area (Å²) in [7, 11) is 0. The van der Waals surface area contributed by atoms with Crippen molar-refractivity contribution >= 4 is 38.9 Å². The van der Waals surface area contributed by atoms with Gasteiger partial charge in [0.2, 0.25) is 0 Å². The Morgan fingerprint density at radius 2 is 1.15 bits per heavy atom. The van der Waals surface area contributed by atoms with Gasteiger partial charge in [0.25, 0.3) is 0 Å². The highest BCUT2D eigenvalue weighted by molar-refractivity contribution is 6.09. The molecule has 0 fully saturated rings. The lowest BCUT2D eigenvalue weighted by Crippen LogP contribution is -2.16. The van der Waals surface area contributed by atoms with E-state index >= 15 is 0 Å². The zero-order valence-corrected chi connectivity index (χ0v) is 21.0. The van der Waals surface area contributed by atoms with Crippen molar-refractivity contribution < 1.29 is 4.74 Å². The summed E-state index contributed by atoms with van der Waals surface area (Å²) in [4.78, 5) is 6.77. The molecule has 0 N–H and O–H groups in total. The van der Waals surface area contributed by atoms with E-state index in [-0.39, 0.29) is 0 Å². The molecular weight excluding hydrogens is 478 g/mol. The fourth-order valence-electron chi connectivity index (χ4n) is 5.68. The Kier molecular flexibility index (Phi) is 4.79. The summed E-state index contributed by atoms with van der Waals surface area (Å²) in [6.07, 6.45) is 1.83. The van der Waals surface area contributed by atoms with Crippen molar-refractivity contribution in [1.82, 2.24) is 9.55 Å². The van der Waals surface area contributed by atoms with Crippen molar-refractivity contribution in [2.24, 2.45) is 0 Å². The minimum Gasteiger partial charge on any atom is -0.453 e. The average molecular weight is 502 g/mol. The molecule has 5 aromatic carbocycles. The molecule has 0 saturated heterocycles. The molecule has 3 heterocycles. The van der Waals surface area contributed by atoms with Crippen molar-refractivity contribution in [2.75, 3.05) is 4.90 Å². The molecule has 0 amide bonds. The summed E-state index contributed by atoms with van der Waals surface area (Å²) in [5.74, 6) is 1.65. The first-order chi connectivity index (χ1) is 19.3. The van der Waals surface area contributed by atoms with Gasteiger partial charge in [0.05, 0.1) is 33.8 Å². The molecule has 184 valence electrons. The second-order valence-corrected chi connectivity index (χ2v) is 9.69. The predicted octanol–water partition coefficient (Wildman–Crippen LogP) is 9.42. The summed E-state index contributed by atoms with van der Waals surface area (Å²) in [6, 6.07) is 46.4. The summed E-state index contributed by atoms with van der Waals surface area (Å²) in [5.41, 5.74) is 8.55. The van der Waals surface area contributed by atoms with E-state index in [1.54, 1.807) is 0 Å². The first-order valence-corrected chi connectivity index (χ1v) is 13.1. The molecule has 0 atom stereocenters. The lowest BCUT2D eigenvalue weighted by molar-refractivity contribution is 0.477. The topological polar surface area (TPSA) is 30.3 Å². The van der Waals surface area contributed by atoms with E-state index in [9.17, 15) is 0 Å². The van der Waals surface area contributed by atoms with E-state index in [4.69, 9.17) is 4.74 Å². The Hall–Kier alpha value is -5.35. The molecule has 0 spiro atoms. The van der Waals surface area contributed by atoms with E-state index in [2.05, 4.69) is 118 Å². The number of hydrogen-bond donors (Lipinski definition) is 0. The lowest BCUT2D eigenvalue weighted by atomic mass is 10.1. The highest BCUT2D eigenvalue weighted by atomic mass is 16.5. The smallest absolute Gasteiger partial charge is 0.153 e. The number of benzene rings is 5. The summed E-state index contributed by atoms with van der Waals surface area (Å²) >= 11 is 0. The summed E-state index contributed by atoms with van der Waals surface area (Å²) in [6.45, 7) is 0. The van der Waals surface area contributed by atoms with Crippen LogP contribution in [-0.2, 0) is 0 Å². The molecular formula is C35H23N3O. The number of aromatic nitrogens is 2. The van der Waals surface area contributed by atoms with E-state index < -0.39 is 0 Å². The minimum atomic E-state index is 0.821. The average Bonchev–Trinajstić information content (AvgIpc) is 3.35. The highest BCUT2D eigenvalue weighted by Gasteiger charge is 2.26. The van der Waals surface area contributed by atoms with E-state index in [0.29, 0.717) is 0 Å². The quantitative estimate of drug-likeness (QED) is 0.242. The molecule has 8 rings (SSSR count). The van der Waals surface area contributed by atoms with Gasteiger partial charge in [-0.05, 0) is 60.7 Å². The van der Waals surface area contributed by atoms with E-state index in [1.165, 1.54) is 21.8 Å². The van der Waals surface area contributed by atoms with Gasteiger partial charge >= 0.3 is 0 Å². The van der Waals surface area contributed by atoms with Crippen LogP contribution < -0.4 is 9.64 Å². The van der Waals surface area contributed by atoms with Crippen molar-refractivity contribution in [3.63, 3.8) is 0 Å². The van der Waals surface area contributed by atoms with Crippen LogP contribution in [0.15, 0.2) is 140 Å². The third kappa shape index (κ3) is 3.42. The van der Waals surface area contributed by atoms with Gasteiger partial charge in [-0.3, -0.25) is 4.98 Å². The maximum Gasteiger partial charge on any atom is 0.153 e. The molecule has 4 nitrogen and oxygen atoms in total. The first-order valence-electron chi connectivity index (χ1n) is 13.1. The number of rotatable bonds is 3. The molecule has 4 heteroatoms. The van der Waals surface area contributed by atoms with Gasteiger partial charge in [0.1, 0.15) is 0 Å². The third-order valence-electron chi connectivity index (χ3n) is 7.43. The van der Waals surface area contributed by atoms with E-state index in [0.717, 1.165) is 45.5 Å². The second kappa shape index (κ2) is 8.61. The molecule has 1 aliphatic heterocycles. The Labute approximate surface area is 226 Å². The van der Waals surface area contributed by atoms with Gasteiger partial charge in [0.15, 0.2) is 11.5 Å². The molecule has 0 radical (unpaired) electrons. The van der Waals surface area contributed by atoms with Crippen LogP contribution >= 0.6 is 0 Å². The van der Waals surface area contributed by atoms with Gasteiger partial charge in [0, 0.05) is 34.3 Å². The minimum absolute atomic E-state index is 0.821. The maximum atomic E-state index is 6.52. The largest absolute Gasteiger partial charge is 0.453 e. The van der Waals surface area contributed by atoms with Crippen LogP contribution in [0.3, 0.4) is 0 Å². The SMILES string of the molecule is c1ccc(-c2ccc(N3c4ccccc4Oc4cc(-n5c6ccccc6c6ccccc65)ccc43)cc2)nc1. The Morgan fingerprint density at radius 1 is 0.513 bits per heavy atom. The number of ether oxygens (including phenoxy) is 1. The van der Waals surface area contributed by atoms with Gasteiger partial charge in [-0.15, -0.1) is 0 Å². The van der Waals surface area contributed by atoms with Crippen LogP contribution in [0.4, 0.5) is 17.1 Å². The summed E-state index contributed by atoms with van der Waals surface area (Å²) < 4.78 is 8.84. The van der Waals surface area contributed by atoms with Crippen molar-refractivity contribution in [2.45, 2.75) is 0 Å². The molecule has 0 saturated carbocycles. The summed E-state index contributed by atoms with van der Waals surface area (Å²) in [5, 5.41) is 2.48. The zero-order chi connectivity index (χ0) is 25.8. The standard InChI is InChI=1S/C35H23N3O/c1-3-12-30-27(9-1)28-10-2-4-13-31(28)38(30)26-20-21-33-35(23-26)39-34-15-6-5-14-32(34)37(33)25-18-16-24(17-19-25)29-11-7-8-22-36-29/h1-23H. The normalized spacial score (nSPS) is 12.3. The molecule has 7 aromatic rings. The first kappa shape index (κ1) is 21.7. The fourth-order valence-corrected chi connectivity index (χ4v) is 5.68. The van der Waals surface area contributed by atoms with Crippen LogP contribution in [0.5, 0.6) is 11.5 Å². The molecule has 1 aliphatic rings. The maximum absolute atomic E-state index is 6.52. The van der Waals surface area contributed by atoms with Crippen LogP contribution in [-0.4, -0.2) is 9.55 Å². The molecule has 0 bridgehead atoms. The molecule has 39 heavy (non-hydrogen) atoms. The number of hydrogen-bond acceptors (Lipinski definition) is 3. The monoisotopic (exact) mass is 501 g/mol. The lowest BCUT2D eigenvalue weighted by Gasteiger charge is -2.33. The number of pyridine rings is 1. The van der Waals surface area contributed by atoms with Gasteiger partial charge in [-0.1, -0.05) is 66.7 Å². The molecule has 0 aliphatic carbocycles. The van der Waals surface area contributed by atoms with Gasteiger partial charge in [-0.2, -0.15) is 0 Å². The number of nitrogens with zero attached hydrogens (tertiary/aromatic N) is 3. The number of anilines is 3.